The second kappa shape index (κ2) is 8.83. The van der Waals surface area contributed by atoms with Crippen LogP contribution < -0.4 is 5.32 Å². The van der Waals surface area contributed by atoms with Gasteiger partial charge in [0, 0.05) is 31.6 Å². The number of amides is 2. The molecule has 0 aliphatic carbocycles. The zero-order valence-corrected chi connectivity index (χ0v) is 16.8. The molecule has 9 heteroatoms. The van der Waals surface area contributed by atoms with Crippen molar-refractivity contribution in [1.82, 2.24) is 14.5 Å². The summed E-state index contributed by atoms with van der Waals surface area (Å²) in [7, 11) is -1.90. The minimum absolute atomic E-state index is 0.146. The molecule has 1 aliphatic heterocycles. The molecule has 2 heterocycles. The van der Waals surface area contributed by atoms with E-state index in [1.54, 1.807) is 47.5 Å². The summed E-state index contributed by atoms with van der Waals surface area (Å²) < 4.78 is 32.6. The highest BCUT2D eigenvalue weighted by Crippen LogP contribution is 2.21. The number of sulfonamides is 1. The van der Waals surface area contributed by atoms with Crippen molar-refractivity contribution in [1.29, 1.82) is 0 Å². The SMILES string of the molecule is CN(Cc1cccs1)C(=O)NCc1ccccc1S(=O)(=O)N1CCOCC1. The lowest BCUT2D eigenvalue weighted by atomic mass is 10.2. The first-order valence-corrected chi connectivity index (χ1v) is 11.0. The zero-order chi connectivity index (χ0) is 19.3. The molecule has 3 rings (SSSR count). The minimum atomic E-state index is -3.61. The molecule has 0 radical (unpaired) electrons. The van der Waals surface area contributed by atoms with Gasteiger partial charge in [0.2, 0.25) is 10.0 Å². The number of urea groups is 1. The van der Waals surface area contributed by atoms with Crippen molar-refractivity contribution in [3.8, 4) is 0 Å². The monoisotopic (exact) mass is 409 g/mol. The lowest BCUT2D eigenvalue weighted by Gasteiger charge is -2.27. The van der Waals surface area contributed by atoms with Gasteiger partial charge in [-0.25, -0.2) is 13.2 Å². The largest absolute Gasteiger partial charge is 0.379 e. The number of morpholine rings is 1. The highest BCUT2D eigenvalue weighted by molar-refractivity contribution is 7.89. The topological polar surface area (TPSA) is 79.0 Å². The van der Waals surface area contributed by atoms with Gasteiger partial charge in [-0.3, -0.25) is 0 Å². The Hall–Kier alpha value is -1.94. The van der Waals surface area contributed by atoms with Crippen molar-refractivity contribution in [2.24, 2.45) is 0 Å². The Morgan fingerprint density at radius 3 is 2.67 bits per heavy atom. The number of hydrogen-bond acceptors (Lipinski definition) is 5. The molecule has 0 spiro atoms. The van der Waals surface area contributed by atoms with Crippen molar-refractivity contribution in [3.05, 3.63) is 52.2 Å². The summed E-state index contributed by atoms with van der Waals surface area (Å²) in [6.45, 7) is 2.13. The molecule has 7 nitrogen and oxygen atoms in total. The number of carbonyl (C=O) groups excluding carboxylic acids is 1. The van der Waals surface area contributed by atoms with Crippen LogP contribution in [0.15, 0.2) is 46.7 Å². The average Bonchev–Trinajstić information content (AvgIpc) is 3.20. The van der Waals surface area contributed by atoms with Crippen molar-refractivity contribution < 1.29 is 17.9 Å². The molecule has 2 amide bonds. The van der Waals surface area contributed by atoms with Crippen LogP contribution in [0, 0.1) is 0 Å². The second-order valence-corrected chi connectivity index (χ2v) is 9.16. The van der Waals surface area contributed by atoms with Gasteiger partial charge in [-0.1, -0.05) is 24.3 Å². The number of ether oxygens (including phenoxy) is 1. The Morgan fingerprint density at radius 1 is 1.22 bits per heavy atom. The zero-order valence-electron chi connectivity index (χ0n) is 15.1. The van der Waals surface area contributed by atoms with E-state index in [4.69, 9.17) is 4.74 Å². The first kappa shape index (κ1) is 19.8. The molecule has 1 aromatic carbocycles. The maximum Gasteiger partial charge on any atom is 0.317 e. The summed E-state index contributed by atoms with van der Waals surface area (Å²) in [5.74, 6) is 0. The van der Waals surface area contributed by atoms with E-state index in [2.05, 4.69) is 5.32 Å². The third-order valence-corrected chi connectivity index (χ3v) is 7.17. The molecule has 146 valence electrons. The third kappa shape index (κ3) is 4.86. The van der Waals surface area contributed by atoms with E-state index in [0.717, 1.165) is 4.88 Å². The predicted octanol–water partition coefficient (Wildman–Crippen LogP) is 2.11. The summed E-state index contributed by atoms with van der Waals surface area (Å²) in [4.78, 5) is 15.2. The van der Waals surface area contributed by atoms with Gasteiger partial charge in [0.1, 0.15) is 0 Å². The number of rotatable bonds is 6. The first-order chi connectivity index (χ1) is 13.0. The molecule has 1 N–H and O–H groups in total. The van der Waals surface area contributed by atoms with Gasteiger partial charge in [0.25, 0.3) is 0 Å². The van der Waals surface area contributed by atoms with E-state index in [-0.39, 0.29) is 17.5 Å². The van der Waals surface area contributed by atoms with E-state index >= 15 is 0 Å². The number of thiophene rings is 1. The summed E-state index contributed by atoms with van der Waals surface area (Å²) >= 11 is 1.59. The van der Waals surface area contributed by atoms with E-state index < -0.39 is 10.0 Å². The summed E-state index contributed by atoms with van der Waals surface area (Å²) in [6, 6.07) is 10.4. The van der Waals surface area contributed by atoms with Gasteiger partial charge >= 0.3 is 6.03 Å². The maximum atomic E-state index is 12.9. The van der Waals surface area contributed by atoms with Crippen LogP contribution in [-0.2, 0) is 27.8 Å². The summed E-state index contributed by atoms with van der Waals surface area (Å²) in [5.41, 5.74) is 0.571. The maximum absolute atomic E-state index is 12.9. The Bertz CT molecular complexity index is 862. The van der Waals surface area contributed by atoms with Crippen molar-refractivity contribution in [2.75, 3.05) is 33.4 Å². The highest BCUT2D eigenvalue weighted by Gasteiger charge is 2.28. The number of benzene rings is 1. The Labute approximate surface area is 163 Å². The molecule has 2 aromatic rings. The van der Waals surface area contributed by atoms with Crippen LogP contribution in [0.2, 0.25) is 0 Å². The molecule has 1 aromatic heterocycles. The molecular weight excluding hydrogens is 386 g/mol. The fourth-order valence-corrected chi connectivity index (χ4v) is 5.23. The van der Waals surface area contributed by atoms with Gasteiger partial charge in [-0.05, 0) is 23.1 Å². The fourth-order valence-electron chi connectivity index (χ4n) is 2.84. The summed E-state index contributed by atoms with van der Waals surface area (Å²) in [5, 5.41) is 4.78. The Morgan fingerprint density at radius 2 is 1.96 bits per heavy atom. The highest BCUT2D eigenvalue weighted by atomic mass is 32.2. The van der Waals surface area contributed by atoms with Gasteiger partial charge in [-0.15, -0.1) is 11.3 Å². The molecule has 0 unspecified atom stereocenters. The van der Waals surface area contributed by atoms with Crippen LogP contribution in [0.4, 0.5) is 4.79 Å². The normalized spacial score (nSPS) is 15.4. The van der Waals surface area contributed by atoms with E-state index in [0.29, 0.717) is 38.4 Å². The standard InChI is InChI=1S/C18H23N3O4S2/c1-20(14-16-6-4-12-26-16)18(22)19-13-15-5-2-3-7-17(15)27(23,24)21-8-10-25-11-9-21/h2-7,12H,8-11,13-14H2,1H3,(H,19,22). The lowest BCUT2D eigenvalue weighted by Crippen LogP contribution is -2.41. The molecule has 1 aliphatic rings. The van der Waals surface area contributed by atoms with E-state index in [1.807, 2.05) is 17.5 Å². The fraction of sp³-hybridized carbons (Fsp3) is 0.389. The third-order valence-electron chi connectivity index (χ3n) is 4.31. The smallest absolute Gasteiger partial charge is 0.317 e. The number of hydrogen-bond donors (Lipinski definition) is 1. The van der Waals surface area contributed by atoms with Crippen molar-refractivity contribution >= 4 is 27.4 Å². The first-order valence-electron chi connectivity index (χ1n) is 8.65. The lowest BCUT2D eigenvalue weighted by molar-refractivity contribution is 0.0730. The average molecular weight is 410 g/mol. The Balaban J connectivity index is 1.68. The molecule has 0 bridgehead atoms. The number of nitrogens with zero attached hydrogens (tertiary/aromatic N) is 2. The Kier molecular flexibility index (Phi) is 6.48. The van der Waals surface area contributed by atoms with Gasteiger partial charge < -0.3 is 15.0 Å². The molecule has 1 fully saturated rings. The van der Waals surface area contributed by atoms with Gasteiger partial charge in [-0.2, -0.15) is 4.31 Å². The van der Waals surface area contributed by atoms with Crippen LogP contribution in [0.3, 0.4) is 0 Å². The second-order valence-electron chi connectivity index (χ2n) is 6.22. The van der Waals surface area contributed by atoms with Gasteiger partial charge in [0.15, 0.2) is 0 Å². The molecule has 0 saturated carbocycles. The number of carbonyl (C=O) groups is 1. The molecule has 1 saturated heterocycles. The van der Waals surface area contributed by atoms with Crippen molar-refractivity contribution in [2.45, 2.75) is 18.0 Å². The van der Waals surface area contributed by atoms with Crippen LogP contribution >= 0.6 is 11.3 Å². The van der Waals surface area contributed by atoms with Crippen LogP contribution in [-0.4, -0.2) is 57.0 Å². The summed E-state index contributed by atoms with van der Waals surface area (Å²) in [6.07, 6.45) is 0. The van der Waals surface area contributed by atoms with Gasteiger partial charge in [0.05, 0.1) is 24.7 Å². The van der Waals surface area contributed by atoms with Crippen LogP contribution in [0.25, 0.3) is 0 Å². The van der Waals surface area contributed by atoms with E-state index in [9.17, 15) is 13.2 Å². The minimum Gasteiger partial charge on any atom is -0.379 e. The molecule has 27 heavy (non-hydrogen) atoms. The van der Waals surface area contributed by atoms with Crippen molar-refractivity contribution in [3.63, 3.8) is 0 Å². The quantitative estimate of drug-likeness (QED) is 0.793. The predicted molar refractivity (Wildman–Crippen MR) is 104 cm³/mol. The van der Waals surface area contributed by atoms with E-state index in [1.165, 1.54) is 4.31 Å². The van der Waals surface area contributed by atoms with Crippen LogP contribution in [0.1, 0.15) is 10.4 Å². The number of nitrogens with one attached hydrogen (secondary N) is 1. The molecular formula is C18H23N3O4S2. The van der Waals surface area contributed by atoms with Crippen LogP contribution in [0.5, 0.6) is 0 Å². The molecule has 0 atom stereocenters.